The average molecular weight is 438 g/mol. The van der Waals surface area contributed by atoms with Crippen LogP contribution in [0.2, 0.25) is 0 Å². The predicted octanol–water partition coefficient (Wildman–Crippen LogP) is 2.87. The van der Waals surface area contributed by atoms with Gasteiger partial charge in [-0.3, -0.25) is 19.7 Å². The minimum atomic E-state index is -0.757. The van der Waals surface area contributed by atoms with Crippen molar-refractivity contribution in [2.45, 2.75) is 0 Å². The molecule has 0 saturated carbocycles. The third-order valence-electron chi connectivity index (χ3n) is 4.92. The lowest BCUT2D eigenvalue weighted by Crippen LogP contribution is -2.53. The number of rotatable bonds is 3. The van der Waals surface area contributed by atoms with Gasteiger partial charge in [0.2, 0.25) is 0 Å². The third-order valence-corrected chi connectivity index (χ3v) is 5.89. The van der Waals surface area contributed by atoms with E-state index in [1.807, 2.05) is 30.3 Å². The maximum absolute atomic E-state index is 13.0. The maximum atomic E-state index is 13.0. The normalized spacial score (nSPS) is 13.7. The van der Waals surface area contributed by atoms with Crippen molar-refractivity contribution in [2.24, 2.45) is 0 Å². The fourth-order valence-electron chi connectivity index (χ4n) is 3.25. The molecule has 0 aliphatic carbocycles. The summed E-state index contributed by atoms with van der Waals surface area (Å²) in [7, 11) is 0. The van der Waals surface area contributed by atoms with Crippen LogP contribution in [0.5, 0.6) is 0 Å². The third kappa shape index (κ3) is 4.77. The summed E-state index contributed by atoms with van der Waals surface area (Å²) in [6.45, 7) is 1.08. The van der Waals surface area contributed by atoms with E-state index in [0.717, 1.165) is 10.4 Å². The number of carbonyl (C=O) groups is 3. The predicted molar refractivity (Wildman–Crippen MR) is 115 cm³/mol. The van der Waals surface area contributed by atoms with Crippen LogP contribution >= 0.6 is 11.3 Å². The Labute approximate surface area is 182 Å². The largest absolute Gasteiger partial charge is 0.335 e. The second-order valence-electron chi connectivity index (χ2n) is 6.94. The lowest BCUT2D eigenvalue weighted by atomic mass is 10.1. The van der Waals surface area contributed by atoms with Crippen LogP contribution in [-0.2, 0) is 9.59 Å². The summed E-state index contributed by atoms with van der Waals surface area (Å²) in [6, 6.07) is 15.0. The number of hydrogen-bond acceptors (Lipinski definition) is 5. The number of hydrogen-bond donors (Lipinski definition) is 1. The van der Waals surface area contributed by atoms with Crippen LogP contribution in [-0.4, -0.2) is 58.7 Å². The van der Waals surface area contributed by atoms with Gasteiger partial charge in [0.1, 0.15) is 5.82 Å². The standard InChI is InChI=1S/C22H19FN4O3S/c23-17-8-6-16(7-9-17)20(29)26-10-12-27(13-11-26)21(30)19(28)25-22-24-14-18(31-22)15-4-2-1-3-5-15/h1-9,14H,10-13H2,(H,24,25,28). The van der Waals surface area contributed by atoms with E-state index in [2.05, 4.69) is 10.3 Å². The Morgan fingerprint density at radius 3 is 2.23 bits per heavy atom. The van der Waals surface area contributed by atoms with Crippen molar-refractivity contribution >= 4 is 34.2 Å². The first-order chi connectivity index (χ1) is 15.0. The van der Waals surface area contributed by atoms with E-state index in [4.69, 9.17) is 0 Å². The van der Waals surface area contributed by atoms with E-state index < -0.39 is 17.6 Å². The number of nitrogens with zero attached hydrogens (tertiary/aromatic N) is 3. The Balaban J connectivity index is 1.31. The molecule has 1 aromatic heterocycles. The van der Waals surface area contributed by atoms with Gasteiger partial charge in [0.25, 0.3) is 5.91 Å². The monoisotopic (exact) mass is 438 g/mol. The number of aromatic nitrogens is 1. The van der Waals surface area contributed by atoms with Gasteiger partial charge < -0.3 is 9.80 Å². The number of benzene rings is 2. The van der Waals surface area contributed by atoms with E-state index in [0.29, 0.717) is 23.8 Å². The first-order valence-corrected chi connectivity index (χ1v) is 10.5. The van der Waals surface area contributed by atoms with Crippen LogP contribution in [0.4, 0.5) is 9.52 Å². The highest BCUT2D eigenvalue weighted by atomic mass is 32.1. The Morgan fingerprint density at radius 1 is 0.903 bits per heavy atom. The van der Waals surface area contributed by atoms with Crippen molar-refractivity contribution in [3.63, 3.8) is 0 Å². The molecular formula is C22H19FN4O3S. The fourth-order valence-corrected chi connectivity index (χ4v) is 4.07. The van der Waals surface area contributed by atoms with Gasteiger partial charge in [-0.15, -0.1) is 0 Å². The lowest BCUT2D eigenvalue weighted by Gasteiger charge is -2.34. The summed E-state index contributed by atoms with van der Waals surface area (Å²) in [4.78, 5) is 45.4. The minimum Gasteiger partial charge on any atom is -0.335 e. The number of thiazole rings is 1. The van der Waals surface area contributed by atoms with Gasteiger partial charge in [0.15, 0.2) is 5.13 Å². The first-order valence-electron chi connectivity index (χ1n) is 9.67. The van der Waals surface area contributed by atoms with Gasteiger partial charge in [-0.05, 0) is 29.8 Å². The summed E-state index contributed by atoms with van der Waals surface area (Å²) in [6.07, 6.45) is 1.65. The van der Waals surface area contributed by atoms with Crippen LogP contribution in [0.3, 0.4) is 0 Å². The molecular weight excluding hydrogens is 419 g/mol. The summed E-state index contributed by atoms with van der Waals surface area (Å²) in [5.74, 6) is -2.06. The molecule has 158 valence electrons. The van der Waals surface area contributed by atoms with Crippen molar-refractivity contribution in [1.29, 1.82) is 0 Å². The molecule has 2 heterocycles. The highest BCUT2D eigenvalue weighted by Gasteiger charge is 2.28. The molecule has 0 bridgehead atoms. The van der Waals surface area contributed by atoms with Crippen LogP contribution in [0.25, 0.3) is 10.4 Å². The van der Waals surface area contributed by atoms with Gasteiger partial charge in [-0.25, -0.2) is 9.37 Å². The van der Waals surface area contributed by atoms with Crippen molar-refractivity contribution in [3.8, 4) is 10.4 Å². The van der Waals surface area contributed by atoms with Gasteiger partial charge in [-0.2, -0.15) is 0 Å². The van der Waals surface area contributed by atoms with Gasteiger partial charge in [0, 0.05) is 37.9 Å². The van der Waals surface area contributed by atoms with Crippen LogP contribution in [0.15, 0.2) is 60.8 Å². The van der Waals surface area contributed by atoms with E-state index in [1.54, 1.807) is 11.1 Å². The molecule has 1 N–H and O–H groups in total. The summed E-state index contributed by atoms with van der Waals surface area (Å²) < 4.78 is 13.0. The number of carbonyl (C=O) groups excluding carboxylic acids is 3. The SMILES string of the molecule is O=C(Nc1ncc(-c2ccccc2)s1)C(=O)N1CCN(C(=O)c2ccc(F)cc2)CC1. The molecule has 9 heteroatoms. The molecule has 1 aliphatic rings. The van der Waals surface area contributed by atoms with Gasteiger partial charge in [-0.1, -0.05) is 41.7 Å². The van der Waals surface area contributed by atoms with Crippen LogP contribution in [0.1, 0.15) is 10.4 Å². The Bertz CT molecular complexity index is 1090. The molecule has 4 rings (SSSR count). The smallest absolute Gasteiger partial charge is 0.315 e. The van der Waals surface area contributed by atoms with Crippen molar-refractivity contribution in [2.75, 3.05) is 31.5 Å². The molecule has 0 radical (unpaired) electrons. The molecule has 0 spiro atoms. The second-order valence-corrected chi connectivity index (χ2v) is 7.97. The Kier molecular flexibility index (Phi) is 6.03. The van der Waals surface area contributed by atoms with Crippen molar-refractivity contribution in [1.82, 2.24) is 14.8 Å². The van der Waals surface area contributed by atoms with Gasteiger partial charge in [0.05, 0.1) is 4.88 Å². The molecule has 3 amide bonds. The quantitative estimate of drug-likeness (QED) is 0.638. The number of amides is 3. The van der Waals surface area contributed by atoms with Crippen molar-refractivity contribution in [3.05, 3.63) is 72.2 Å². The molecule has 3 aromatic rings. The number of halogens is 1. The highest BCUT2D eigenvalue weighted by Crippen LogP contribution is 2.28. The molecule has 0 atom stereocenters. The van der Waals surface area contributed by atoms with E-state index in [9.17, 15) is 18.8 Å². The lowest BCUT2D eigenvalue weighted by molar-refractivity contribution is -0.144. The molecule has 1 saturated heterocycles. The zero-order chi connectivity index (χ0) is 21.8. The number of nitrogens with one attached hydrogen (secondary N) is 1. The maximum Gasteiger partial charge on any atom is 0.315 e. The summed E-state index contributed by atoms with van der Waals surface area (Å²) in [5.41, 5.74) is 1.37. The minimum absolute atomic E-state index is 0.229. The highest BCUT2D eigenvalue weighted by molar-refractivity contribution is 7.19. The molecule has 0 unspecified atom stereocenters. The fraction of sp³-hybridized carbons (Fsp3) is 0.182. The topological polar surface area (TPSA) is 82.6 Å². The second kappa shape index (κ2) is 9.05. The summed E-state index contributed by atoms with van der Waals surface area (Å²) in [5, 5.41) is 2.90. The molecule has 2 aromatic carbocycles. The molecule has 1 aliphatic heterocycles. The molecule has 7 nitrogen and oxygen atoms in total. The summed E-state index contributed by atoms with van der Waals surface area (Å²) >= 11 is 1.29. The Hall–Kier alpha value is -3.59. The molecule has 31 heavy (non-hydrogen) atoms. The first kappa shape index (κ1) is 20.7. The van der Waals surface area contributed by atoms with Crippen LogP contribution < -0.4 is 5.32 Å². The van der Waals surface area contributed by atoms with E-state index in [-0.39, 0.29) is 19.0 Å². The zero-order valence-corrected chi connectivity index (χ0v) is 17.3. The van der Waals surface area contributed by atoms with E-state index in [1.165, 1.54) is 40.5 Å². The van der Waals surface area contributed by atoms with E-state index >= 15 is 0 Å². The number of anilines is 1. The Morgan fingerprint density at radius 2 is 1.55 bits per heavy atom. The van der Waals surface area contributed by atoms with Crippen molar-refractivity contribution < 1.29 is 18.8 Å². The zero-order valence-electron chi connectivity index (χ0n) is 16.5. The van der Waals surface area contributed by atoms with Crippen LogP contribution in [0, 0.1) is 5.82 Å². The number of piperazine rings is 1. The molecule has 1 fully saturated rings. The average Bonchev–Trinajstić information content (AvgIpc) is 3.28. The van der Waals surface area contributed by atoms with Gasteiger partial charge >= 0.3 is 11.8 Å².